The smallest absolute Gasteiger partial charge is 0.136 e. The van der Waals surface area contributed by atoms with Crippen molar-refractivity contribution in [3.63, 3.8) is 0 Å². The van der Waals surface area contributed by atoms with Crippen molar-refractivity contribution in [1.82, 2.24) is 0 Å². The monoisotopic (exact) mass is 281 g/mol. The van der Waals surface area contributed by atoms with Crippen molar-refractivity contribution in [2.24, 2.45) is 5.73 Å². The van der Waals surface area contributed by atoms with Gasteiger partial charge >= 0.3 is 0 Å². The molecule has 2 aromatic rings. The second-order valence-corrected chi connectivity index (χ2v) is 6.22. The van der Waals surface area contributed by atoms with Gasteiger partial charge in [0.05, 0.1) is 5.25 Å². The molecule has 1 heterocycles. The number of thioether (sulfide) groups is 1. The zero-order valence-electron chi connectivity index (χ0n) is 10.2. The van der Waals surface area contributed by atoms with Crippen LogP contribution in [0.4, 0.5) is 4.39 Å². The largest absolute Gasteiger partial charge is 0.326 e. The van der Waals surface area contributed by atoms with Crippen LogP contribution in [0.3, 0.4) is 0 Å². The third-order valence-electron chi connectivity index (χ3n) is 2.77. The van der Waals surface area contributed by atoms with Crippen molar-refractivity contribution in [2.75, 3.05) is 0 Å². The molecule has 2 rings (SSSR count). The Kier molecular flexibility index (Phi) is 4.80. The first-order valence-electron chi connectivity index (χ1n) is 5.92. The molecule has 0 amide bonds. The minimum atomic E-state index is -0.174. The van der Waals surface area contributed by atoms with Crippen LogP contribution in [0.25, 0.3) is 0 Å². The summed E-state index contributed by atoms with van der Waals surface area (Å²) < 4.78 is 13.7. The van der Waals surface area contributed by atoms with E-state index in [1.807, 2.05) is 23.6 Å². The van der Waals surface area contributed by atoms with Crippen molar-refractivity contribution in [3.8, 4) is 0 Å². The van der Waals surface area contributed by atoms with Crippen molar-refractivity contribution < 1.29 is 4.39 Å². The van der Waals surface area contributed by atoms with Crippen LogP contribution >= 0.6 is 23.1 Å². The van der Waals surface area contributed by atoms with Crippen molar-refractivity contribution >= 4 is 23.1 Å². The molecule has 0 radical (unpaired) electrons. The molecular formula is C14H16FNS2. The zero-order chi connectivity index (χ0) is 13.0. The predicted molar refractivity (Wildman–Crippen MR) is 77.6 cm³/mol. The summed E-state index contributed by atoms with van der Waals surface area (Å²) in [6.45, 7) is 2.06. The van der Waals surface area contributed by atoms with Gasteiger partial charge in [0.2, 0.25) is 0 Å². The summed E-state index contributed by atoms with van der Waals surface area (Å²) in [6.07, 6.45) is 0.879. The SMILES string of the molecule is CCC(N)C(Sc1ccccc1F)c1cccs1. The van der Waals surface area contributed by atoms with E-state index in [1.54, 1.807) is 17.4 Å². The standard InChI is InChI=1S/C14H16FNS2/c1-2-11(16)14(13-8-5-9-17-13)18-12-7-4-3-6-10(12)15/h3-9,11,14H,2,16H2,1H3. The summed E-state index contributed by atoms with van der Waals surface area (Å²) >= 11 is 3.19. The molecule has 0 aliphatic heterocycles. The molecule has 0 bridgehead atoms. The lowest BCUT2D eigenvalue weighted by atomic mass is 10.1. The van der Waals surface area contributed by atoms with Crippen molar-refractivity contribution in [3.05, 3.63) is 52.5 Å². The first-order valence-corrected chi connectivity index (χ1v) is 7.68. The molecule has 0 aliphatic carbocycles. The van der Waals surface area contributed by atoms with Crippen LogP contribution in [0.5, 0.6) is 0 Å². The summed E-state index contributed by atoms with van der Waals surface area (Å²) in [5.74, 6) is -0.174. The van der Waals surface area contributed by atoms with Crippen LogP contribution in [0.1, 0.15) is 23.5 Å². The zero-order valence-corrected chi connectivity index (χ0v) is 11.8. The number of hydrogen-bond donors (Lipinski definition) is 1. The Hall–Kier alpha value is -0.840. The Morgan fingerprint density at radius 3 is 2.67 bits per heavy atom. The Morgan fingerprint density at radius 2 is 2.06 bits per heavy atom. The average molecular weight is 281 g/mol. The molecule has 1 aromatic heterocycles. The van der Waals surface area contributed by atoms with Gasteiger partial charge in [-0.2, -0.15) is 0 Å². The predicted octanol–water partition coefficient (Wildman–Crippen LogP) is 4.46. The molecule has 18 heavy (non-hydrogen) atoms. The lowest BCUT2D eigenvalue weighted by Crippen LogP contribution is -2.25. The summed E-state index contributed by atoms with van der Waals surface area (Å²) in [5, 5.41) is 2.15. The molecule has 1 aromatic carbocycles. The second kappa shape index (κ2) is 6.36. The molecule has 0 aliphatic rings. The van der Waals surface area contributed by atoms with E-state index >= 15 is 0 Å². The molecule has 96 valence electrons. The highest BCUT2D eigenvalue weighted by Gasteiger charge is 2.22. The van der Waals surface area contributed by atoms with Gasteiger partial charge in [-0.3, -0.25) is 0 Å². The maximum absolute atomic E-state index is 13.7. The maximum Gasteiger partial charge on any atom is 0.136 e. The lowest BCUT2D eigenvalue weighted by Gasteiger charge is -2.21. The normalized spacial score (nSPS) is 14.4. The van der Waals surface area contributed by atoms with E-state index in [0.717, 1.165) is 6.42 Å². The molecule has 0 spiro atoms. The van der Waals surface area contributed by atoms with Gasteiger partial charge in [0.15, 0.2) is 0 Å². The molecular weight excluding hydrogens is 265 g/mol. The first kappa shape index (κ1) is 13.6. The molecule has 0 saturated carbocycles. The van der Waals surface area contributed by atoms with Gasteiger partial charge in [0.1, 0.15) is 5.82 Å². The molecule has 0 fully saturated rings. The number of nitrogens with two attached hydrogens (primary N) is 1. The van der Waals surface area contributed by atoms with E-state index in [1.165, 1.54) is 22.7 Å². The minimum Gasteiger partial charge on any atom is -0.326 e. The summed E-state index contributed by atoms with van der Waals surface area (Å²) in [7, 11) is 0. The van der Waals surface area contributed by atoms with Gasteiger partial charge in [-0.15, -0.1) is 23.1 Å². The molecule has 2 N–H and O–H groups in total. The van der Waals surface area contributed by atoms with Crippen molar-refractivity contribution in [2.45, 2.75) is 29.5 Å². The molecule has 1 nitrogen and oxygen atoms in total. The summed E-state index contributed by atoms with van der Waals surface area (Å²) in [6, 6.07) is 11.0. The fourth-order valence-electron chi connectivity index (χ4n) is 1.70. The number of hydrogen-bond acceptors (Lipinski definition) is 3. The Balaban J connectivity index is 2.24. The Bertz CT molecular complexity index is 484. The Labute approximate surface area is 115 Å². The van der Waals surface area contributed by atoms with Gasteiger partial charge in [0.25, 0.3) is 0 Å². The molecule has 2 atom stereocenters. The van der Waals surface area contributed by atoms with E-state index in [2.05, 4.69) is 13.0 Å². The number of halogens is 1. The molecule has 0 saturated heterocycles. The van der Waals surface area contributed by atoms with Crippen LogP contribution < -0.4 is 5.73 Å². The minimum absolute atomic E-state index is 0.0354. The quantitative estimate of drug-likeness (QED) is 0.819. The highest BCUT2D eigenvalue weighted by atomic mass is 32.2. The number of thiophene rings is 1. The van der Waals surface area contributed by atoms with Crippen molar-refractivity contribution in [1.29, 1.82) is 0 Å². The van der Waals surface area contributed by atoms with Gasteiger partial charge in [-0.25, -0.2) is 4.39 Å². The van der Waals surface area contributed by atoms with Crippen LogP contribution in [-0.4, -0.2) is 6.04 Å². The second-order valence-electron chi connectivity index (χ2n) is 4.06. The van der Waals surface area contributed by atoms with Gasteiger partial charge in [0, 0.05) is 15.8 Å². The van der Waals surface area contributed by atoms with Crippen LogP contribution in [-0.2, 0) is 0 Å². The van der Waals surface area contributed by atoms with Crippen LogP contribution in [0.2, 0.25) is 0 Å². The fraction of sp³-hybridized carbons (Fsp3) is 0.286. The van der Waals surface area contributed by atoms with Crippen LogP contribution in [0, 0.1) is 5.82 Å². The third kappa shape index (κ3) is 3.13. The molecule has 2 unspecified atom stereocenters. The molecule has 4 heteroatoms. The Morgan fingerprint density at radius 1 is 1.28 bits per heavy atom. The van der Waals surface area contributed by atoms with E-state index in [9.17, 15) is 4.39 Å². The highest BCUT2D eigenvalue weighted by Crippen LogP contribution is 2.40. The number of benzene rings is 1. The maximum atomic E-state index is 13.7. The topological polar surface area (TPSA) is 26.0 Å². The number of rotatable bonds is 5. The first-order chi connectivity index (χ1) is 8.72. The highest BCUT2D eigenvalue weighted by molar-refractivity contribution is 7.99. The van der Waals surface area contributed by atoms with E-state index in [0.29, 0.717) is 4.90 Å². The van der Waals surface area contributed by atoms with Gasteiger partial charge in [-0.1, -0.05) is 25.1 Å². The van der Waals surface area contributed by atoms with Crippen LogP contribution in [0.15, 0.2) is 46.7 Å². The van der Waals surface area contributed by atoms with E-state index in [-0.39, 0.29) is 17.1 Å². The van der Waals surface area contributed by atoms with Gasteiger partial charge < -0.3 is 5.73 Å². The van der Waals surface area contributed by atoms with E-state index in [4.69, 9.17) is 5.73 Å². The average Bonchev–Trinajstić information content (AvgIpc) is 2.90. The third-order valence-corrected chi connectivity index (χ3v) is 5.32. The van der Waals surface area contributed by atoms with Gasteiger partial charge in [-0.05, 0) is 30.0 Å². The lowest BCUT2D eigenvalue weighted by molar-refractivity contribution is 0.598. The summed E-state index contributed by atoms with van der Waals surface area (Å²) in [4.78, 5) is 1.87. The van der Waals surface area contributed by atoms with E-state index < -0.39 is 0 Å². The fourth-order valence-corrected chi connectivity index (χ4v) is 3.97. The summed E-state index contributed by atoms with van der Waals surface area (Å²) in [5.41, 5.74) is 6.17.